The quantitative estimate of drug-likeness (QED) is 0.848. The van der Waals surface area contributed by atoms with Crippen molar-refractivity contribution in [3.8, 4) is 11.1 Å². The molecule has 1 aromatic carbocycles. The molecule has 112 valence electrons. The van der Waals surface area contributed by atoms with E-state index in [-0.39, 0.29) is 10.7 Å². The first-order chi connectivity index (χ1) is 10.1. The van der Waals surface area contributed by atoms with Crippen molar-refractivity contribution in [2.75, 3.05) is 5.73 Å². The summed E-state index contributed by atoms with van der Waals surface area (Å²) in [7, 11) is 0. The SMILES string of the molecule is Nc1ccc(-c2cnn(CC3CCCCC3)c2)c(Cl)c1F. The summed E-state index contributed by atoms with van der Waals surface area (Å²) in [5.41, 5.74) is 7.05. The van der Waals surface area contributed by atoms with Crippen LogP contribution in [0.25, 0.3) is 11.1 Å². The molecule has 3 nitrogen and oxygen atoms in total. The topological polar surface area (TPSA) is 43.8 Å². The van der Waals surface area contributed by atoms with E-state index in [1.807, 2.05) is 10.9 Å². The summed E-state index contributed by atoms with van der Waals surface area (Å²) in [5, 5.41) is 4.45. The first-order valence-corrected chi connectivity index (χ1v) is 7.79. The first-order valence-electron chi connectivity index (χ1n) is 7.41. The Morgan fingerprint density at radius 2 is 2.05 bits per heavy atom. The lowest BCUT2D eigenvalue weighted by atomic mass is 9.89. The van der Waals surface area contributed by atoms with Crippen molar-refractivity contribution >= 4 is 17.3 Å². The second-order valence-corrected chi connectivity index (χ2v) is 6.16. The zero-order valence-electron chi connectivity index (χ0n) is 11.9. The minimum absolute atomic E-state index is 0.0622. The van der Waals surface area contributed by atoms with E-state index in [4.69, 9.17) is 17.3 Å². The van der Waals surface area contributed by atoms with Crippen molar-refractivity contribution in [2.24, 2.45) is 5.92 Å². The Kier molecular flexibility index (Phi) is 4.15. The molecule has 5 heteroatoms. The predicted molar refractivity (Wildman–Crippen MR) is 83.6 cm³/mol. The van der Waals surface area contributed by atoms with E-state index in [1.165, 1.54) is 38.2 Å². The van der Waals surface area contributed by atoms with E-state index < -0.39 is 5.82 Å². The predicted octanol–water partition coefficient (Wildman–Crippen LogP) is 4.51. The van der Waals surface area contributed by atoms with Gasteiger partial charge in [0.1, 0.15) is 0 Å². The van der Waals surface area contributed by atoms with Crippen molar-refractivity contribution in [1.82, 2.24) is 9.78 Å². The lowest BCUT2D eigenvalue weighted by molar-refractivity contribution is 0.308. The number of halogens is 2. The highest BCUT2D eigenvalue weighted by molar-refractivity contribution is 6.33. The van der Waals surface area contributed by atoms with Gasteiger partial charge >= 0.3 is 0 Å². The van der Waals surface area contributed by atoms with Crippen LogP contribution in [0.4, 0.5) is 10.1 Å². The van der Waals surface area contributed by atoms with Gasteiger partial charge in [-0.2, -0.15) is 5.10 Å². The summed E-state index contributed by atoms with van der Waals surface area (Å²) in [6.07, 6.45) is 10.2. The standard InChI is InChI=1S/C16H19ClFN3/c17-15-13(6-7-14(19)16(15)18)12-8-20-21(10-12)9-11-4-2-1-3-5-11/h6-8,10-11H,1-5,9,19H2. The van der Waals surface area contributed by atoms with E-state index >= 15 is 0 Å². The highest BCUT2D eigenvalue weighted by Crippen LogP contribution is 2.33. The number of aromatic nitrogens is 2. The number of anilines is 1. The minimum atomic E-state index is -0.561. The van der Waals surface area contributed by atoms with Crippen molar-refractivity contribution in [3.05, 3.63) is 35.4 Å². The molecular weight excluding hydrogens is 289 g/mol. The number of nitrogens with two attached hydrogens (primary N) is 1. The zero-order valence-corrected chi connectivity index (χ0v) is 12.6. The Labute approximate surface area is 128 Å². The zero-order chi connectivity index (χ0) is 14.8. The monoisotopic (exact) mass is 307 g/mol. The molecule has 1 heterocycles. The number of nitrogens with zero attached hydrogens (tertiary/aromatic N) is 2. The Morgan fingerprint density at radius 1 is 1.29 bits per heavy atom. The molecule has 1 aliphatic rings. The molecular formula is C16H19ClFN3. The molecule has 21 heavy (non-hydrogen) atoms. The average Bonchev–Trinajstić information content (AvgIpc) is 2.94. The molecule has 0 atom stereocenters. The van der Waals surface area contributed by atoms with Crippen molar-refractivity contribution in [2.45, 2.75) is 38.6 Å². The molecule has 0 saturated heterocycles. The molecule has 1 aliphatic carbocycles. The van der Waals surface area contributed by atoms with Gasteiger partial charge in [0.25, 0.3) is 0 Å². The van der Waals surface area contributed by atoms with Gasteiger partial charge in [0.05, 0.1) is 16.9 Å². The van der Waals surface area contributed by atoms with Gasteiger partial charge < -0.3 is 5.73 Å². The van der Waals surface area contributed by atoms with Crippen LogP contribution >= 0.6 is 11.6 Å². The van der Waals surface area contributed by atoms with Crippen LogP contribution in [0.3, 0.4) is 0 Å². The fraction of sp³-hybridized carbons (Fsp3) is 0.438. The maximum absolute atomic E-state index is 13.8. The van der Waals surface area contributed by atoms with Gasteiger partial charge in [-0.05, 0) is 24.8 Å². The van der Waals surface area contributed by atoms with Crippen LogP contribution in [0, 0.1) is 11.7 Å². The Bertz CT molecular complexity index is 632. The summed E-state index contributed by atoms with van der Waals surface area (Å²) in [6.45, 7) is 0.926. The molecule has 2 N–H and O–H groups in total. The number of rotatable bonds is 3. The van der Waals surface area contributed by atoms with Crippen LogP contribution in [0.5, 0.6) is 0 Å². The molecule has 0 bridgehead atoms. The first kappa shape index (κ1) is 14.4. The highest BCUT2D eigenvalue weighted by Gasteiger charge is 2.16. The van der Waals surface area contributed by atoms with Gasteiger partial charge in [-0.3, -0.25) is 4.68 Å². The van der Waals surface area contributed by atoms with E-state index in [0.29, 0.717) is 11.5 Å². The summed E-state index contributed by atoms with van der Waals surface area (Å²) in [4.78, 5) is 0. The Balaban J connectivity index is 1.80. The molecule has 3 rings (SSSR count). The van der Waals surface area contributed by atoms with E-state index in [9.17, 15) is 4.39 Å². The molecule has 0 spiro atoms. The van der Waals surface area contributed by atoms with Crippen molar-refractivity contribution in [1.29, 1.82) is 0 Å². The van der Waals surface area contributed by atoms with Crippen LogP contribution in [0.2, 0.25) is 5.02 Å². The fourth-order valence-electron chi connectivity index (χ4n) is 3.02. The van der Waals surface area contributed by atoms with Gasteiger partial charge in [0.15, 0.2) is 5.82 Å². The molecule has 0 aliphatic heterocycles. The molecule has 0 radical (unpaired) electrons. The lowest BCUT2D eigenvalue weighted by Gasteiger charge is -2.21. The van der Waals surface area contributed by atoms with Crippen molar-refractivity contribution < 1.29 is 4.39 Å². The Morgan fingerprint density at radius 3 is 2.81 bits per heavy atom. The van der Waals surface area contributed by atoms with E-state index in [2.05, 4.69) is 5.10 Å². The van der Waals surface area contributed by atoms with Crippen LogP contribution < -0.4 is 5.73 Å². The number of benzene rings is 1. The maximum atomic E-state index is 13.8. The molecule has 1 fully saturated rings. The van der Waals surface area contributed by atoms with Crippen LogP contribution in [-0.2, 0) is 6.54 Å². The maximum Gasteiger partial charge on any atom is 0.165 e. The van der Waals surface area contributed by atoms with Crippen LogP contribution in [-0.4, -0.2) is 9.78 Å². The third-order valence-corrected chi connectivity index (χ3v) is 4.60. The minimum Gasteiger partial charge on any atom is -0.396 e. The molecule has 1 aromatic heterocycles. The smallest absolute Gasteiger partial charge is 0.165 e. The molecule has 0 unspecified atom stereocenters. The van der Waals surface area contributed by atoms with Gasteiger partial charge in [-0.15, -0.1) is 0 Å². The largest absolute Gasteiger partial charge is 0.396 e. The Hall–Kier alpha value is -1.55. The van der Waals surface area contributed by atoms with E-state index in [1.54, 1.807) is 12.3 Å². The number of nitrogen functional groups attached to an aromatic ring is 1. The number of hydrogen-bond acceptors (Lipinski definition) is 2. The fourth-order valence-corrected chi connectivity index (χ4v) is 3.31. The van der Waals surface area contributed by atoms with Gasteiger partial charge in [-0.25, -0.2) is 4.39 Å². The third kappa shape index (κ3) is 3.05. The molecule has 2 aromatic rings. The van der Waals surface area contributed by atoms with Crippen molar-refractivity contribution in [3.63, 3.8) is 0 Å². The number of hydrogen-bond donors (Lipinski definition) is 1. The molecule has 0 amide bonds. The average molecular weight is 308 g/mol. The second-order valence-electron chi connectivity index (χ2n) is 5.79. The highest BCUT2D eigenvalue weighted by atomic mass is 35.5. The summed E-state index contributed by atoms with van der Waals surface area (Å²) >= 11 is 6.04. The summed E-state index contributed by atoms with van der Waals surface area (Å²) < 4.78 is 15.7. The van der Waals surface area contributed by atoms with Crippen LogP contribution in [0.1, 0.15) is 32.1 Å². The van der Waals surface area contributed by atoms with E-state index in [0.717, 1.165) is 12.1 Å². The molecule has 1 saturated carbocycles. The summed E-state index contributed by atoms with van der Waals surface area (Å²) in [6, 6.07) is 3.28. The second kappa shape index (κ2) is 6.06. The van der Waals surface area contributed by atoms with Gasteiger partial charge in [0.2, 0.25) is 0 Å². The summed E-state index contributed by atoms with van der Waals surface area (Å²) in [5.74, 6) is 0.138. The normalized spacial score (nSPS) is 16.3. The van der Waals surface area contributed by atoms with Gasteiger partial charge in [0, 0.05) is 23.9 Å². The third-order valence-electron chi connectivity index (χ3n) is 4.23. The lowest BCUT2D eigenvalue weighted by Crippen LogP contribution is -2.14. The van der Waals surface area contributed by atoms with Gasteiger partial charge in [-0.1, -0.05) is 36.9 Å². The van der Waals surface area contributed by atoms with Crippen LogP contribution in [0.15, 0.2) is 24.5 Å².